The molecular formula is C12H20N8O4. The maximum atomic E-state index is 11.4. The smallest absolute Gasteiger partial charge is 0.336 e. The number of nitrogens with zero attached hydrogens (tertiary/aromatic N) is 4. The summed E-state index contributed by atoms with van der Waals surface area (Å²) < 4.78 is 0. The number of urea groups is 4. The van der Waals surface area contributed by atoms with Crippen LogP contribution in [0.1, 0.15) is 0 Å². The second-order valence-electron chi connectivity index (χ2n) is 5.10. The number of azo groups is 1. The van der Waals surface area contributed by atoms with E-state index in [-0.39, 0.29) is 25.2 Å². The van der Waals surface area contributed by atoms with Crippen molar-refractivity contribution in [2.24, 2.45) is 10.2 Å². The third kappa shape index (κ3) is 5.37. The number of carbonyl (C=O) groups excluding carboxylic acids is 4. The topological polar surface area (TPSA) is 148 Å². The van der Waals surface area contributed by atoms with Gasteiger partial charge in [0.25, 0.3) is 0 Å². The predicted octanol–water partition coefficient (Wildman–Crippen LogP) is -1.09. The lowest BCUT2D eigenvalue weighted by molar-refractivity contribution is 0.215. The fourth-order valence-corrected chi connectivity index (χ4v) is 2.21. The van der Waals surface area contributed by atoms with Crippen molar-refractivity contribution in [1.82, 2.24) is 31.1 Å². The van der Waals surface area contributed by atoms with Crippen LogP contribution in [0.3, 0.4) is 0 Å². The molecule has 0 spiro atoms. The lowest BCUT2D eigenvalue weighted by atomic mass is 10.5. The van der Waals surface area contributed by atoms with Gasteiger partial charge in [-0.25, -0.2) is 19.2 Å². The number of hydrogen-bond acceptors (Lipinski definition) is 4. The molecule has 2 saturated heterocycles. The molecule has 0 unspecified atom stereocenters. The molecule has 0 aromatic rings. The summed E-state index contributed by atoms with van der Waals surface area (Å²) >= 11 is 0. The van der Waals surface area contributed by atoms with Crippen molar-refractivity contribution >= 4 is 24.1 Å². The molecule has 8 amide bonds. The van der Waals surface area contributed by atoms with Crippen LogP contribution in [0, 0.1) is 0 Å². The van der Waals surface area contributed by atoms with Crippen LogP contribution >= 0.6 is 0 Å². The molecule has 2 fully saturated rings. The second-order valence-corrected chi connectivity index (χ2v) is 5.10. The fourth-order valence-electron chi connectivity index (χ4n) is 2.21. The SMILES string of the molecule is O=C(N=NC(=O)NCCN1CCNC1=O)NCCN1CCNC1=O. The minimum atomic E-state index is -0.760. The normalized spacial score (nSPS) is 17.2. The van der Waals surface area contributed by atoms with Gasteiger partial charge in [0.1, 0.15) is 0 Å². The van der Waals surface area contributed by atoms with Crippen molar-refractivity contribution in [2.75, 3.05) is 52.4 Å². The van der Waals surface area contributed by atoms with E-state index in [0.717, 1.165) is 0 Å². The lowest BCUT2D eigenvalue weighted by Gasteiger charge is -2.13. The molecule has 2 aliphatic rings. The van der Waals surface area contributed by atoms with Crippen molar-refractivity contribution in [1.29, 1.82) is 0 Å². The van der Waals surface area contributed by atoms with Gasteiger partial charge in [0.15, 0.2) is 0 Å². The minimum absolute atomic E-state index is 0.170. The van der Waals surface area contributed by atoms with Crippen LogP contribution in [0.4, 0.5) is 19.2 Å². The molecular weight excluding hydrogens is 320 g/mol. The standard InChI is InChI=1S/C12H20N8O4/c21-9(13-1-5-19-7-3-15-11(19)23)17-18-10(22)14-2-6-20-8-4-16-12(20)24/h1-8H2,(H,13,21)(H,14,22)(H,15,23)(H,16,24). The van der Waals surface area contributed by atoms with Gasteiger partial charge in [-0.05, 0) is 0 Å². The highest BCUT2D eigenvalue weighted by Crippen LogP contribution is 1.95. The Morgan fingerprint density at radius 1 is 0.875 bits per heavy atom. The summed E-state index contributed by atoms with van der Waals surface area (Å²) in [6.45, 7) is 3.52. The van der Waals surface area contributed by atoms with Gasteiger partial charge in [-0.1, -0.05) is 10.2 Å². The number of hydrogen-bond donors (Lipinski definition) is 4. The Morgan fingerprint density at radius 2 is 1.29 bits per heavy atom. The van der Waals surface area contributed by atoms with Gasteiger partial charge in [0.05, 0.1) is 0 Å². The van der Waals surface area contributed by atoms with Gasteiger partial charge >= 0.3 is 24.1 Å². The number of nitrogens with one attached hydrogen (secondary N) is 4. The van der Waals surface area contributed by atoms with Crippen LogP contribution in [0.5, 0.6) is 0 Å². The first kappa shape index (κ1) is 17.4. The summed E-state index contributed by atoms with van der Waals surface area (Å²) in [5.41, 5.74) is 0. The van der Waals surface area contributed by atoms with Crippen LogP contribution < -0.4 is 21.3 Å². The van der Waals surface area contributed by atoms with E-state index in [4.69, 9.17) is 0 Å². The van der Waals surface area contributed by atoms with Gasteiger partial charge in [-0.15, -0.1) is 0 Å². The summed E-state index contributed by atoms with van der Waals surface area (Å²) in [6, 6.07) is -1.86. The minimum Gasteiger partial charge on any atom is -0.336 e. The molecule has 0 atom stereocenters. The van der Waals surface area contributed by atoms with Crippen LogP contribution in [-0.2, 0) is 0 Å². The quantitative estimate of drug-likeness (QED) is 0.455. The summed E-state index contributed by atoms with van der Waals surface area (Å²) in [7, 11) is 0. The van der Waals surface area contributed by atoms with E-state index in [0.29, 0.717) is 39.3 Å². The van der Waals surface area contributed by atoms with E-state index in [2.05, 4.69) is 31.5 Å². The average molecular weight is 340 g/mol. The Kier molecular flexibility index (Phi) is 6.28. The third-order valence-electron chi connectivity index (χ3n) is 3.44. The number of amides is 8. The number of carbonyl (C=O) groups is 4. The Bertz CT molecular complexity index is 491. The van der Waals surface area contributed by atoms with Crippen molar-refractivity contribution in [3.05, 3.63) is 0 Å². The van der Waals surface area contributed by atoms with Crippen LogP contribution in [0.2, 0.25) is 0 Å². The largest absolute Gasteiger partial charge is 0.359 e. The Labute approximate surface area is 138 Å². The van der Waals surface area contributed by atoms with Crippen molar-refractivity contribution in [3.8, 4) is 0 Å². The molecule has 2 aliphatic heterocycles. The van der Waals surface area contributed by atoms with Crippen molar-refractivity contribution in [2.45, 2.75) is 0 Å². The van der Waals surface area contributed by atoms with E-state index in [1.807, 2.05) is 0 Å². The van der Waals surface area contributed by atoms with Crippen molar-refractivity contribution < 1.29 is 19.2 Å². The molecule has 0 aliphatic carbocycles. The van der Waals surface area contributed by atoms with E-state index in [1.54, 1.807) is 9.80 Å². The van der Waals surface area contributed by atoms with Gasteiger partial charge in [-0.2, -0.15) is 0 Å². The van der Waals surface area contributed by atoms with Crippen molar-refractivity contribution in [3.63, 3.8) is 0 Å². The van der Waals surface area contributed by atoms with E-state index in [1.165, 1.54) is 0 Å². The maximum absolute atomic E-state index is 11.4. The highest BCUT2D eigenvalue weighted by molar-refractivity contribution is 5.80. The van der Waals surface area contributed by atoms with E-state index >= 15 is 0 Å². The monoisotopic (exact) mass is 340 g/mol. The van der Waals surface area contributed by atoms with Gasteiger partial charge in [0, 0.05) is 52.4 Å². The van der Waals surface area contributed by atoms with Gasteiger partial charge in [0.2, 0.25) is 0 Å². The Hall–Kier alpha value is -2.92. The Balaban J connectivity index is 1.55. The molecule has 24 heavy (non-hydrogen) atoms. The third-order valence-corrected chi connectivity index (χ3v) is 3.44. The molecule has 12 nitrogen and oxygen atoms in total. The van der Waals surface area contributed by atoms with Gasteiger partial charge < -0.3 is 31.1 Å². The lowest BCUT2D eigenvalue weighted by Crippen LogP contribution is -2.36. The summed E-state index contributed by atoms with van der Waals surface area (Å²) in [6.07, 6.45) is 0. The highest BCUT2D eigenvalue weighted by atomic mass is 16.2. The molecule has 4 N–H and O–H groups in total. The zero-order valence-corrected chi connectivity index (χ0v) is 13.1. The second kappa shape index (κ2) is 8.64. The average Bonchev–Trinajstić information content (AvgIpc) is 3.14. The molecule has 0 bridgehead atoms. The molecule has 0 radical (unpaired) electrons. The fraction of sp³-hybridized carbons (Fsp3) is 0.667. The highest BCUT2D eigenvalue weighted by Gasteiger charge is 2.19. The summed E-state index contributed by atoms with van der Waals surface area (Å²) in [5.74, 6) is 0. The molecule has 0 saturated carbocycles. The first-order valence-electron chi connectivity index (χ1n) is 7.59. The first-order valence-corrected chi connectivity index (χ1v) is 7.59. The predicted molar refractivity (Wildman–Crippen MR) is 81.6 cm³/mol. The molecule has 12 heteroatoms. The molecule has 2 rings (SSSR count). The van der Waals surface area contributed by atoms with Crippen LogP contribution in [0.25, 0.3) is 0 Å². The summed E-state index contributed by atoms with van der Waals surface area (Å²) in [5, 5.41) is 16.6. The van der Waals surface area contributed by atoms with E-state index in [9.17, 15) is 19.2 Å². The summed E-state index contributed by atoms with van der Waals surface area (Å²) in [4.78, 5) is 48.4. The molecule has 0 aromatic heterocycles. The van der Waals surface area contributed by atoms with Crippen LogP contribution in [-0.4, -0.2) is 86.3 Å². The molecule has 2 heterocycles. The van der Waals surface area contributed by atoms with Gasteiger partial charge in [-0.3, -0.25) is 0 Å². The maximum Gasteiger partial charge on any atom is 0.359 e. The first-order chi connectivity index (χ1) is 11.6. The molecule has 0 aromatic carbocycles. The van der Waals surface area contributed by atoms with Crippen LogP contribution in [0.15, 0.2) is 10.2 Å². The molecule has 132 valence electrons. The number of rotatable bonds is 6. The Morgan fingerprint density at radius 3 is 1.62 bits per heavy atom. The zero-order valence-electron chi connectivity index (χ0n) is 13.1. The zero-order chi connectivity index (χ0) is 17.4. The van der Waals surface area contributed by atoms with E-state index < -0.39 is 12.1 Å².